The third kappa shape index (κ3) is 8.60. The molecule has 1 aromatic carbocycles. The molecular formula is C17H22BrFIN7O3S. The van der Waals surface area contributed by atoms with Crippen LogP contribution in [0.5, 0.6) is 0 Å². The molecule has 14 heteroatoms. The van der Waals surface area contributed by atoms with Crippen molar-refractivity contribution in [1.82, 2.24) is 20.9 Å². The highest BCUT2D eigenvalue weighted by Gasteiger charge is 2.15. The zero-order chi connectivity index (χ0) is 23.0. The van der Waals surface area contributed by atoms with Crippen molar-refractivity contribution < 1.29 is 17.4 Å². The second-order valence-electron chi connectivity index (χ2n) is 6.56. The van der Waals surface area contributed by atoms with Crippen molar-refractivity contribution in [1.29, 1.82) is 0 Å². The smallest absolute Gasteiger partial charge is 0.253 e. The van der Waals surface area contributed by atoms with Gasteiger partial charge in [0.15, 0.2) is 5.69 Å². The second kappa shape index (κ2) is 11.6. The fourth-order valence-electron chi connectivity index (χ4n) is 2.26. The summed E-state index contributed by atoms with van der Waals surface area (Å²) in [6.07, 6.45) is 1.02. The van der Waals surface area contributed by atoms with Crippen molar-refractivity contribution in [2.45, 2.75) is 19.9 Å². The lowest BCUT2D eigenvalue weighted by Gasteiger charge is -2.15. The maximum atomic E-state index is 13.5. The molecule has 170 valence electrons. The first-order chi connectivity index (χ1) is 14.6. The molecule has 0 aliphatic heterocycles. The number of sulfonamides is 1. The van der Waals surface area contributed by atoms with Crippen LogP contribution in [0.25, 0.3) is 5.70 Å². The van der Waals surface area contributed by atoms with E-state index in [9.17, 15) is 12.8 Å². The third-order valence-corrected chi connectivity index (χ3v) is 5.19. The molecular weight excluding hydrogens is 608 g/mol. The first-order valence-electron chi connectivity index (χ1n) is 8.98. The van der Waals surface area contributed by atoms with Gasteiger partial charge in [-0.2, -0.15) is 0 Å². The molecule has 0 spiro atoms. The van der Waals surface area contributed by atoms with Gasteiger partial charge in [0.25, 0.3) is 10.0 Å². The van der Waals surface area contributed by atoms with E-state index < -0.39 is 10.0 Å². The maximum absolute atomic E-state index is 13.5. The predicted molar refractivity (Wildman–Crippen MR) is 131 cm³/mol. The van der Waals surface area contributed by atoms with Crippen molar-refractivity contribution in [3.8, 4) is 0 Å². The van der Waals surface area contributed by atoms with Gasteiger partial charge in [-0.1, -0.05) is 22.6 Å². The van der Waals surface area contributed by atoms with Gasteiger partial charge < -0.3 is 21.3 Å². The Morgan fingerprint density at radius 2 is 2.10 bits per heavy atom. The lowest BCUT2D eigenvalue weighted by Crippen LogP contribution is -2.43. The first kappa shape index (κ1) is 25.3. The van der Waals surface area contributed by atoms with Crippen molar-refractivity contribution in [3.63, 3.8) is 0 Å². The lowest BCUT2D eigenvalue weighted by molar-refractivity contribution is 0.307. The second-order valence-corrected chi connectivity index (χ2v) is 9.69. The van der Waals surface area contributed by atoms with Gasteiger partial charge in [-0.05, 0) is 58.3 Å². The molecule has 0 bridgehead atoms. The minimum absolute atomic E-state index is 0.00113. The Labute approximate surface area is 201 Å². The van der Waals surface area contributed by atoms with Crippen LogP contribution in [0.3, 0.4) is 0 Å². The van der Waals surface area contributed by atoms with Crippen LogP contribution in [0.2, 0.25) is 0 Å². The van der Waals surface area contributed by atoms with E-state index in [4.69, 9.17) is 4.63 Å². The molecule has 4 N–H and O–H groups in total. The minimum atomic E-state index is -3.54. The Hall–Kier alpha value is -1.94. The normalized spacial score (nSPS) is 12.7. The van der Waals surface area contributed by atoms with Crippen molar-refractivity contribution in [2.24, 2.45) is 4.40 Å². The molecule has 10 nitrogen and oxygen atoms in total. The lowest BCUT2D eigenvalue weighted by atomic mass is 10.2. The maximum Gasteiger partial charge on any atom is 0.253 e. The van der Waals surface area contributed by atoms with Gasteiger partial charge in [0, 0.05) is 28.9 Å². The summed E-state index contributed by atoms with van der Waals surface area (Å²) < 4.78 is 46.9. The summed E-state index contributed by atoms with van der Waals surface area (Å²) in [5.74, 6) is 0.181. The Balaban J connectivity index is 2.01. The molecule has 0 atom stereocenters. The third-order valence-electron chi connectivity index (χ3n) is 3.44. The van der Waals surface area contributed by atoms with E-state index in [1.807, 2.05) is 36.4 Å². The quantitative estimate of drug-likeness (QED) is 0.143. The van der Waals surface area contributed by atoms with Gasteiger partial charge in [-0.15, -0.1) is 4.40 Å². The van der Waals surface area contributed by atoms with E-state index in [2.05, 4.69) is 51.9 Å². The number of halogens is 3. The number of anilines is 2. The minimum Gasteiger partial charge on any atom is -0.364 e. The fraction of sp³-hybridized carbons (Fsp3) is 0.353. The summed E-state index contributed by atoms with van der Waals surface area (Å²) in [5.41, 5.74) is 1.67. The average Bonchev–Trinajstić information content (AvgIpc) is 3.12. The summed E-state index contributed by atoms with van der Waals surface area (Å²) in [5, 5.41) is 19.9. The molecule has 1 heterocycles. The van der Waals surface area contributed by atoms with Crippen LogP contribution in [0.15, 0.2) is 35.8 Å². The fourth-order valence-corrected chi connectivity index (χ4v) is 3.54. The van der Waals surface area contributed by atoms with Crippen LogP contribution < -0.4 is 21.3 Å². The van der Waals surface area contributed by atoms with E-state index in [0.717, 1.165) is 6.26 Å². The van der Waals surface area contributed by atoms with Crippen molar-refractivity contribution >= 4 is 71.7 Å². The van der Waals surface area contributed by atoms with E-state index in [0.29, 0.717) is 40.5 Å². The molecule has 0 aliphatic rings. The number of benzene rings is 1. The molecule has 0 saturated carbocycles. The van der Waals surface area contributed by atoms with Gasteiger partial charge in [0.05, 0.1) is 16.4 Å². The Morgan fingerprint density at radius 3 is 2.71 bits per heavy atom. The van der Waals surface area contributed by atoms with Gasteiger partial charge in [0.2, 0.25) is 11.8 Å². The molecule has 1 aromatic heterocycles. The molecule has 31 heavy (non-hydrogen) atoms. The van der Waals surface area contributed by atoms with Crippen LogP contribution in [0.4, 0.5) is 15.9 Å². The van der Waals surface area contributed by atoms with Gasteiger partial charge in [-0.3, -0.25) is 0 Å². The summed E-state index contributed by atoms with van der Waals surface area (Å²) in [7, 11) is -3.54. The van der Waals surface area contributed by atoms with E-state index >= 15 is 0 Å². The first-order valence-corrected chi connectivity index (χ1v) is 12.9. The molecule has 0 aliphatic carbocycles. The molecule has 2 rings (SSSR count). The van der Waals surface area contributed by atoms with Crippen molar-refractivity contribution in [3.05, 3.63) is 38.3 Å². The number of rotatable bonds is 9. The average molecular weight is 630 g/mol. The summed E-state index contributed by atoms with van der Waals surface area (Å²) >= 11 is 5.20. The topological polar surface area (TPSA) is 134 Å². The highest BCUT2D eigenvalue weighted by molar-refractivity contribution is 14.1. The van der Waals surface area contributed by atoms with E-state index in [-0.39, 0.29) is 17.8 Å². The van der Waals surface area contributed by atoms with Crippen LogP contribution in [-0.4, -0.2) is 50.1 Å². The highest BCUT2D eigenvalue weighted by Crippen LogP contribution is 2.26. The molecule has 0 saturated heterocycles. The number of aromatic nitrogens is 2. The molecule has 0 amide bonds. The number of nitrogens with one attached hydrogen (secondary N) is 4. The Morgan fingerprint density at radius 1 is 1.35 bits per heavy atom. The largest absolute Gasteiger partial charge is 0.364 e. The van der Waals surface area contributed by atoms with Crippen molar-refractivity contribution in [2.75, 3.05) is 30.0 Å². The van der Waals surface area contributed by atoms with Crippen LogP contribution in [0.1, 0.15) is 19.5 Å². The van der Waals surface area contributed by atoms with Gasteiger partial charge in [-0.25, -0.2) is 17.4 Å². The molecule has 0 radical (unpaired) electrons. The van der Waals surface area contributed by atoms with Crippen LogP contribution in [-0.2, 0) is 10.0 Å². The number of nitrogens with zero attached hydrogens (tertiary/aromatic N) is 3. The summed E-state index contributed by atoms with van der Waals surface area (Å²) in [4.78, 5) is 0. The number of hydrogen-bond acceptors (Lipinski definition) is 7. The zero-order valence-corrected chi connectivity index (χ0v) is 21.5. The standard InChI is InChI=1S/C17H22BrFIN7O3S/c1-10(2)23-17(27-31(3,28)29)22-7-6-21-16-15(25-30-26-16)14(9-20)24-11-4-5-13(19)12(18)8-11/h4-5,8-10,24H,6-7H2,1-3H3,(H,21,26)(H2,22,23,27)/b14-9-. The summed E-state index contributed by atoms with van der Waals surface area (Å²) in [6, 6.07) is 4.53. The molecule has 0 unspecified atom stereocenters. The number of guanidine groups is 1. The monoisotopic (exact) mass is 629 g/mol. The van der Waals surface area contributed by atoms with E-state index in [1.165, 1.54) is 6.07 Å². The van der Waals surface area contributed by atoms with Gasteiger partial charge >= 0.3 is 0 Å². The highest BCUT2D eigenvalue weighted by atomic mass is 127. The van der Waals surface area contributed by atoms with Crippen LogP contribution in [0, 0.1) is 5.82 Å². The number of hydrogen-bond donors (Lipinski definition) is 4. The summed E-state index contributed by atoms with van der Waals surface area (Å²) in [6.45, 7) is 4.47. The Bertz CT molecular complexity index is 1060. The molecule has 0 fully saturated rings. The van der Waals surface area contributed by atoms with Gasteiger partial charge in [0.1, 0.15) is 5.82 Å². The predicted octanol–water partition coefficient (Wildman–Crippen LogP) is 3.13. The molecule has 2 aromatic rings. The Kier molecular flexibility index (Phi) is 9.49. The van der Waals surface area contributed by atoms with Crippen LogP contribution >= 0.6 is 38.5 Å². The zero-order valence-electron chi connectivity index (χ0n) is 16.9. The van der Waals surface area contributed by atoms with E-state index in [1.54, 1.807) is 16.2 Å². The SMILES string of the molecule is CC(C)N/C(=N\S(C)(=O)=O)NCCNc1nonc1/C(=C/I)Nc1ccc(F)c(Br)c1.